The first kappa shape index (κ1) is 14.2. The lowest BCUT2D eigenvalue weighted by atomic mass is 9.87. The zero-order valence-electron chi connectivity index (χ0n) is 11.6. The van der Waals surface area contributed by atoms with Crippen molar-refractivity contribution in [2.24, 2.45) is 7.05 Å². The highest BCUT2D eigenvalue weighted by molar-refractivity contribution is 9.12. The van der Waals surface area contributed by atoms with Crippen LogP contribution in [0.15, 0.2) is 36.4 Å². The molecular weight excluding hydrogens is 410 g/mol. The summed E-state index contributed by atoms with van der Waals surface area (Å²) in [4.78, 5) is 24.2. The highest BCUT2D eigenvalue weighted by Gasteiger charge is 2.40. The van der Waals surface area contributed by atoms with Crippen LogP contribution in [0.1, 0.15) is 20.7 Å². The number of hydrogen-bond donors (Lipinski definition) is 0. The number of rotatable bonds is 0. The topological polar surface area (TPSA) is 39.1 Å². The van der Waals surface area contributed by atoms with Crippen molar-refractivity contribution < 1.29 is 9.59 Å². The fourth-order valence-electron chi connectivity index (χ4n) is 3.28. The van der Waals surface area contributed by atoms with E-state index in [1.165, 1.54) is 0 Å². The minimum atomic E-state index is -0.531. The molecule has 4 rings (SSSR count). The van der Waals surface area contributed by atoms with Crippen LogP contribution in [0.2, 0.25) is 0 Å². The maximum absolute atomic E-state index is 12.8. The number of benzene rings is 2. The van der Waals surface area contributed by atoms with Crippen LogP contribution >= 0.6 is 31.9 Å². The van der Waals surface area contributed by atoms with Gasteiger partial charge in [-0.1, -0.05) is 56.1 Å². The maximum Gasteiger partial charge on any atom is 0.180 e. The molecule has 110 valence electrons. The molecule has 0 radical (unpaired) electrons. The molecule has 1 aliphatic rings. The quantitative estimate of drug-likeness (QED) is 0.510. The molecule has 0 aliphatic heterocycles. The molecule has 1 aliphatic carbocycles. The Balaban J connectivity index is 2.21. The number of carbonyl (C=O) groups excluding carboxylic acids is 2. The third-order valence-electron chi connectivity index (χ3n) is 4.34. The average Bonchev–Trinajstić information content (AvgIpc) is 2.84. The van der Waals surface area contributed by atoms with Crippen molar-refractivity contribution in [3.05, 3.63) is 47.5 Å². The summed E-state index contributed by atoms with van der Waals surface area (Å²) < 4.78 is 2.00. The molecule has 0 saturated carbocycles. The van der Waals surface area contributed by atoms with Gasteiger partial charge in [-0.3, -0.25) is 9.59 Å². The highest BCUT2D eigenvalue weighted by atomic mass is 79.9. The number of halogens is 2. The first-order valence-electron chi connectivity index (χ1n) is 6.89. The number of para-hydroxylation sites is 1. The Morgan fingerprint density at radius 3 is 2.36 bits per heavy atom. The van der Waals surface area contributed by atoms with Gasteiger partial charge < -0.3 is 4.57 Å². The third-order valence-corrected chi connectivity index (χ3v) is 6.94. The summed E-state index contributed by atoms with van der Waals surface area (Å²) in [6.45, 7) is 0. The minimum Gasteiger partial charge on any atom is -0.343 e. The zero-order chi connectivity index (χ0) is 15.6. The maximum atomic E-state index is 12.8. The van der Waals surface area contributed by atoms with Crippen LogP contribution < -0.4 is 0 Å². The second-order valence-electron chi connectivity index (χ2n) is 5.49. The predicted molar refractivity (Wildman–Crippen MR) is 94.5 cm³/mol. The number of fused-ring (bicyclic) bond motifs is 5. The molecule has 22 heavy (non-hydrogen) atoms. The monoisotopic (exact) mass is 419 g/mol. The number of Topliss-reactive ketones (excluding diaryl/α,β-unsaturated/α-hetero) is 2. The molecule has 3 nitrogen and oxygen atoms in total. The van der Waals surface area contributed by atoms with E-state index < -0.39 is 9.65 Å². The number of nitrogens with zero attached hydrogens (tertiary/aromatic N) is 1. The number of ketones is 2. The van der Waals surface area contributed by atoms with Gasteiger partial charge in [-0.15, -0.1) is 0 Å². The summed E-state index contributed by atoms with van der Waals surface area (Å²) in [6.07, 6.45) is 0. The van der Waals surface area contributed by atoms with Crippen LogP contribution in [0.3, 0.4) is 0 Å². The van der Waals surface area contributed by atoms with Gasteiger partial charge in [0, 0.05) is 28.9 Å². The van der Waals surface area contributed by atoms with E-state index in [2.05, 4.69) is 31.9 Å². The van der Waals surface area contributed by atoms with Gasteiger partial charge in [-0.05, 0) is 12.1 Å². The molecule has 0 bridgehead atoms. The third kappa shape index (κ3) is 1.66. The van der Waals surface area contributed by atoms with Crippen molar-refractivity contribution in [2.75, 3.05) is 0 Å². The van der Waals surface area contributed by atoms with Gasteiger partial charge >= 0.3 is 0 Å². The van der Waals surface area contributed by atoms with E-state index >= 15 is 0 Å². The average molecular weight is 421 g/mol. The van der Waals surface area contributed by atoms with Crippen molar-refractivity contribution >= 4 is 65.2 Å². The van der Waals surface area contributed by atoms with E-state index in [0.717, 1.165) is 21.8 Å². The van der Waals surface area contributed by atoms with Crippen molar-refractivity contribution in [1.82, 2.24) is 4.57 Å². The van der Waals surface area contributed by atoms with Gasteiger partial charge in [0.15, 0.2) is 11.6 Å². The number of alkyl halides is 2. The summed E-state index contributed by atoms with van der Waals surface area (Å²) in [5, 5.41) is 2.10. The lowest BCUT2D eigenvalue weighted by molar-refractivity contribution is 0.0908. The summed E-state index contributed by atoms with van der Waals surface area (Å²) in [7, 11) is 1.94. The molecule has 0 fully saturated rings. The van der Waals surface area contributed by atoms with Crippen LogP contribution in [0.25, 0.3) is 21.8 Å². The molecular formula is C17H11Br2NO2. The van der Waals surface area contributed by atoms with Crippen LogP contribution in [-0.2, 0) is 7.05 Å². The van der Waals surface area contributed by atoms with Crippen LogP contribution in [0.5, 0.6) is 0 Å². The Labute approximate surface area is 143 Å². The molecule has 2 atom stereocenters. The number of aryl methyl sites for hydroxylation is 1. The first-order chi connectivity index (χ1) is 10.5. The van der Waals surface area contributed by atoms with Gasteiger partial charge in [-0.25, -0.2) is 0 Å². The second-order valence-corrected chi connectivity index (χ2v) is 7.47. The van der Waals surface area contributed by atoms with E-state index in [1.54, 1.807) is 6.07 Å². The van der Waals surface area contributed by atoms with E-state index in [0.29, 0.717) is 11.1 Å². The second kappa shape index (κ2) is 4.77. The van der Waals surface area contributed by atoms with Gasteiger partial charge in [0.05, 0.1) is 20.7 Å². The van der Waals surface area contributed by atoms with Crippen molar-refractivity contribution in [3.8, 4) is 0 Å². The Kier molecular flexibility index (Phi) is 3.07. The van der Waals surface area contributed by atoms with Gasteiger partial charge in [0.2, 0.25) is 0 Å². The molecule has 0 spiro atoms. The molecule has 0 amide bonds. The SMILES string of the molecule is Cn1c2ccccc2c2ccc3c(c21)C(=O)C(Br)C(Br)C3=O. The predicted octanol–water partition coefficient (Wildman–Crippen LogP) is 4.24. The van der Waals surface area contributed by atoms with Crippen molar-refractivity contribution in [1.29, 1.82) is 0 Å². The Morgan fingerprint density at radius 1 is 0.909 bits per heavy atom. The summed E-state index contributed by atoms with van der Waals surface area (Å²) >= 11 is 6.68. The lowest BCUT2D eigenvalue weighted by Gasteiger charge is -2.24. The first-order valence-corrected chi connectivity index (χ1v) is 8.72. The molecule has 1 aromatic heterocycles. The standard InChI is InChI=1S/C17H11Br2NO2/c1-20-11-5-3-2-4-8(11)9-6-7-10-12(15(9)20)17(22)14(19)13(18)16(10)21/h2-7,13-14H,1H3. The van der Waals surface area contributed by atoms with Gasteiger partial charge in [0.25, 0.3) is 0 Å². The fraction of sp³-hybridized carbons (Fsp3) is 0.176. The summed E-state index contributed by atoms with van der Waals surface area (Å²) in [6, 6.07) is 11.7. The van der Waals surface area contributed by atoms with E-state index in [1.807, 2.05) is 41.9 Å². The van der Waals surface area contributed by atoms with E-state index in [4.69, 9.17) is 0 Å². The van der Waals surface area contributed by atoms with Crippen LogP contribution in [-0.4, -0.2) is 25.8 Å². The molecule has 1 heterocycles. The Bertz CT molecular complexity index is 974. The zero-order valence-corrected chi connectivity index (χ0v) is 14.8. The summed E-state index contributed by atoms with van der Waals surface area (Å²) in [5.74, 6) is -0.100. The number of carbonyl (C=O) groups is 2. The normalized spacial score (nSPS) is 21.6. The van der Waals surface area contributed by atoms with Crippen molar-refractivity contribution in [3.63, 3.8) is 0 Å². The molecule has 0 N–H and O–H groups in total. The highest BCUT2D eigenvalue weighted by Crippen LogP contribution is 2.38. The van der Waals surface area contributed by atoms with Crippen LogP contribution in [0.4, 0.5) is 0 Å². The van der Waals surface area contributed by atoms with E-state index in [-0.39, 0.29) is 11.6 Å². The van der Waals surface area contributed by atoms with Crippen molar-refractivity contribution in [2.45, 2.75) is 9.65 Å². The number of aromatic nitrogens is 1. The van der Waals surface area contributed by atoms with Gasteiger partial charge in [0.1, 0.15) is 0 Å². The summed E-state index contributed by atoms with van der Waals surface area (Å²) in [5.41, 5.74) is 2.92. The minimum absolute atomic E-state index is 0.0482. The Morgan fingerprint density at radius 2 is 1.59 bits per heavy atom. The molecule has 2 unspecified atom stereocenters. The number of hydrogen-bond acceptors (Lipinski definition) is 2. The smallest absolute Gasteiger partial charge is 0.180 e. The van der Waals surface area contributed by atoms with E-state index in [9.17, 15) is 9.59 Å². The molecule has 3 aromatic rings. The van der Waals surface area contributed by atoms with Crippen LogP contribution in [0, 0.1) is 0 Å². The molecule has 2 aromatic carbocycles. The lowest BCUT2D eigenvalue weighted by Crippen LogP contribution is -2.38. The fourth-order valence-corrected chi connectivity index (χ4v) is 4.23. The molecule has 0 saturated heterocycles. The Hall–Kier alpha value is -1.46. The molecule has 5 heteroatoms. The van der Waals surface area contributed by atoms with Gasteiger partial charge in [-0.2, -0.15) is 0 Å². The largest absolute Gasteiger partial charge is 0.343 e.